The molecule has 5 heteroatoms. The minimum absolute atomic E-state index is 0.0927. The van der Waals surface area contributed by atoms with Gasteiger partial charge in [0.05, 0.1) is 0 Å². The molecule has 0 atom stereocenters. The van der Waals surface area contributed by atoms with E-state index in [1.54, 1.807) is 4.90 Å². The molecular weight excluding hydrogens is 184 g/mol. The Balaban J connectivity index is 2.63. The minimum atomic E-state index is -1.12. The van der Waals surface area contributed by atoms with Crippen LogP contribution in [-0.4, -0.2) is 40.6 Å². The van der Waals surface area contributed by atoms with Crippen LogP contribution >= 0.6 is 0 Å². The molecule has 0 aromatic carbocycles. The van der Waals surface area contributed by atoms with Crippen molar-refractivity contribution in [2.45, 2.75) is 32.2 Å². The second-order valence-corrected chi connectivity index (χ2v) is 3.49. The molecule has 0 heterocycles. The van der Waals surface area contributed by atoms with E-state index < -0.39 is 11.6 Å². The lowest BCUT2D eigenvalue weighted by Crippen LogP contribution is -2.50. The van der Waals surface area contributed by atoms with Crippen LogP contribution in [0.2, 0.25) is 0 Å². The summed E-state index contributed by atoms with van der Waals surface area (Å²) in [4.78, 5) is 24.0. The molecule has 0 spiro atoms. The lowest BCUT2D eigenvalue weighted by atomic mass is 10.2. The largest absolute Gasteiger partial charge is 0.465 e. The first-order valence-electron chi connectivity index (χ1n) is 4.86. The summed E-state index contributed by atoms with van der Waals surface area (Å²) in [7, 11) is 0. The quantitative estimate of drug-likeness (QED) is 0.700. The van der Waals surface area contributed by atoms with Crippen molar-refractivity contribution in [1.29, 1.82) is 0 Å². The summed E-state index contributed by atoms with van der Waals surface area (Å²) in [6, 6.07) is 0. The van der Waals surface area contributed by atoms with Gasteiger partial charge in [-0.25, -0.2) is 4.79 Å². The van der Waals surface area contributed by atoms with Gasteiger partial charge in [0, 0.05) is 13.1 Å². The van der Waals surface area contributed by atoms with Gasteiger partial charge in [0.2, 0.25) is 5.91 Å². The Hall–Kier alpha value is -1.26. The van der Waals surface area contributed by atoms with E-state index in [4.69, 9.17) is 5.11 Å². The van der Waals surface area contributed by atoms with E-state index in [0.29, 0.717) is 25.9 Å². The maximum atomic E-state index is 11.8. The van der Waals surface area contributed by atoms with Crippen LogP contribution in [0.25, 0.3) is 0 Å². The van der Waals surface area contributed by atoms with E-state index in [1.807, 2.05) is 13.8 Å². The number of nitrogens with zero attached hydrogens (tertiary/aromatic N) is 1. The number of nitrogens with one attached hydrogen (secondary N) is 1. The molecule has 0 bridgehead atoms. The first-order valence-corrected chi connectivity index (χ1v) is 4.86. The van der Waals surface area contributed by atoms with E-state index in [-0.39, 0.29) is 5.91 Å². The zero-order chi connectivity index (χ0) is 10.8. The summed E-state index contributed by atoms with van der Waals surface area (Å²) in [5.41, 5.74) is -0.808. The van der Waals surface area contributed by atoms with Gasteiger partial charge in [-0.05, 0) is 26.7 Å². The van der Waals surface area contributed by atoms with Crippen LogP contribution in [0.3, 0.4) is 0 Å². The van der Waals surface area contributed by atoms with E-state index in [1.165, 1.54) is 0 Å². The Morgan fingerprint density at radius 2 is 1.86 bits per heavy atom. The fraction of sp³-hybridized carbons (Fsp3) is 0.778. The lowest BCUT2D eigenvalue weighted by molar-refractivity contribution is -0.134. The lowest BCUT2D eigenvalue weighted by Gasteiger charge is -2.24. The van der Waals surface area contributed by atoms with Gasteiger partial charge in [-0.2, -0.15) is 0 Å². The summed E-state index contributed by atoms with van der Waals surface area (Å²) in [6.45, 7) is 5.02. The average Bonchev–Trinajstić information content (AvgIpc) is 2.86. The molecule has 1 fully saturated rings. The number of hydrogen-bond acceptors (Lipinski definition) is 2. The molecule has 5 nitrogen and oxygen atoms in total. The van der Waals surface area contributed by atoms with Crippen molar-refractivity contribution in [2.24, 2.45) is 0 Å². The molecule has 0 unspecified atom stereocenters. The van der Waals surface area contributed by atoms with Gasteiger partial charge in [-0.3, -0.25) is 4.79 Å². The highest BCUT2D eigenvalue weighted by Gasteiger charge is 2.52. The Morgan fingerprint density at radius 3 is 2.14 bits per heavy atom. The molecular formula is C9H16N2O3. The highest BCUT2D eigenvalue weighted by atomic mass is 16.4. The van der Waals surface area contributed by atoms with Crippen LogP contribution in [0, 0.1) is 0 Å². The monoisotopic (exact) mass is 200 g/mol. The van der Waals surface area contributed by atoms with Crippen molar-refractivity contribution in [3.63, 3.8) is 0 Å². The number of carbonyl (C=O) groups excluding carboxylic acids is 1. The minimum Gasteiger partial charge on any atom is -0.465 e. The summed E-state index contributed by atoms with van der Waals surface area (Å²) in [6.07, 6.45) is 0.117. The van der Waals surface area contributed by atoms with Crippen LogP contribution in [0.4, 0.5) is 4.79 Å². The molecule has 80 valence electrons. The van der Waals surface area contributed by atoms with Crippen LogP contribution in [0.5, 0.6) is 0 Å². The van der Waals surface area contributed by atoms with Crippen molar-refractivity contribution < 1.29 is 14.7 Å². The molecule has 2 amide bonds. The van der Waals surface area contributed by atoms with E-state index >= 15 is 0 Å². The van der Waals surface area contributed by atoms with Gasteiger partial charge in [-0.1, -0.05) is 0 Å². The van der Waals surface area contributed by atoms with Gasteiger partial charge in [0.15, 0.2) is 0 Å². The molecule has 2 N–H and O–H groups in total. The molecule has 1 aliphatic carbocycles. The van der Waals surface area contributed by atoms with Gasteiger partial charge in [0.25, 0.3) is 0 Å². The fourth-order valence-electron chi connectivity index (χ4n) is 1.54. The van der Waals surface area contributed by atoms with E-state index in [9.17, 15) is 9.59 Å². The van der Waals surface area contributed by atoms with E-state index in [0.717, 1.165) is 0 Å². The fourth-order valence-corrected chi connectivity index (χ4v) is 1.54. The molecule has 1 saturated carbocycles. The highest BCUT2D eigenvalue weighted by Crippen LogP contribution is 2.37. The first-order chi connectivity index (χ1) is 6.55. The second kappa shape index (κ2) is 3.86. The zero-order valence-electron chi connectivity index (χ0n) is 8.54. The molecule has 0 radical (unpaired) electrons. The Bertz CT molecular complexity index is 244. The third-order valence-electron chi connectivity index (χ3n) is 2.56. The third-order valence-corrected chi connectivity index (χ3v) is 2.56. The van der Waals surface area contributed by atoms with Crippen molar-refractivity contribution in [1.82, 2.24) is 10.2 Å². The van der Waals surface area contributed by atoms with Crippen molar-refractivity contribution in [3.8, 4) is 0 Å². The van der Waals surface area contributed by atoms with E-state index in [2.05, 4.69) is 5.32 Å². The Morgan fingerprint density at radius 1 is 1.36 bits per heavy atom. The number of likely N-dealkylation sites (N-methyl/N-ethyl adjacent to an activating group) is 1. The van der Waals surface area contributed by atoms with Crippen molar-refractivity contribution in [3.05, 3.63) is 0 Å². The SMILES string of the molecule is CCN(CC)C(=O)C1(NC(=O)O)CC1. The maximum Gasteiger partial charge on any atom is 0.405 e. The molecule has 0 saturated heterocycles. The van der Waals surface area contributed by atoms with Crippen LogP contribution in [0.15, 0.2) is 0 Å². The van der Waals surface area contributed by atoms with Crippen molar-refractivity contribution in [2.75, 3.05) is 13.1 Å². The number of hydrogen-bond donors (Lipinski definition) is 2. The number of rotatable bonds is 4. The summed E-state index contributed by atoms with van der Waals surface area (Å²) >= 11 is 0. The van der Waals surface area contributed by atoms with Gasteiger partial charge in [0.1, 0.15) is 5.54 Å². The van der Waals surface area contributed by atoms with Crippen LogP contribution < -0.4 is 5.32 Å². The molecule has 1 rings (SSSR count). The summed E-state index contributed by atoms with van der Waals surface area (Å²) in [5, 5.41) is 10.9. The van der Waals surface area contributed by atoms with Crippen LogP contribution in [-0.2, 0) is 4.79 Å². The normalized spacial score (nSPS) is 17.3. The topological polar surface area (TPSA) is 69.6 Å². The second-order valence-electron chi connectivity index (χ2n) is 3.49. The Kier molecular flexibility index (Phi) is 2.98. The summed E-state index contributed by atoms with van der Waals surface area (Å²) in [5.74, 6) is -0.0927. The standard InChI is InChI=1S/C9H16N2O3/c1-3-11(4-2)7(12)9(5-6-9)10-8(13)14/h10H,3-6H2,1-2H3,(H,13,14). The number of amides is 2. The van der Waals surface area contributed by atoms with Gasteiger partial charge in [-0.15, -0.1) is 0 Å². The predicted octanol–water partition coefficient (Wildman–Crippen LogP) is 0.655. The molecule has 14 heavy (non-hydrogen) atoms. The Labute approximate surface area is 83.1 Å². The number of carboxylic acid groups (broad SMARTS) is 1. The summed E-state index contributed by atoms with van der Waals surface area (Å²) < 4.78 is 0. The first kappa shape index (κ1) is 10.8. The molecule has 0 aromatic rings. The smallest absolute Gasteiger partial charge is 0.405 e. The molecule has 1 aliphatic rings. The average molecular weight is 200 g/mol. The number of carbonyl (C=O) groups is 2. The predicted molar refractivity (Wildman–Crippen MR) is 51.1 cm³/mol. The zero-order valence-corrected chi connectivity index (χ0v) is 8.54. The third kappa shape index (κ3) is 1.97. The van der Waals surface area contributed by atoms with Crippen molar-refractivity contribution >= 4 is 12.0 Å². The molecule has 0 aliphatic heterocycles. The van der Waals surface area contributed by atoms with Gasteiger partial charge < -0.3 is 15.3 Å². The maximum absolute atomic E-state index is 11.8. The van der Waals surface area contributed by atoms with Gasteiger partial charge >= 0.3 is 6.09 Å². The van der Waals surface area contributed by atoms with Crippen LogP contribution in [0.1, 0.15) is 26.7 Å². The molecule has 0 aromatic heterocycles. The highest BCUT2D eigenvalue weighted by molar-refractivity contribution is 5.92.